The summed E-state index contributed by atoms with van der Waals surface area (Å²) in [6.07, 6.45) is 0. The van der Waals surface area contributed by atoms with E-state index in [0.29, 0.717) is 5.56 Å². The van der Waals surface area contributed by atoms with Crippen molar-refractivity contribution in [1.29, 1.82) is 0 Å². The fourth-order valence-corrected chi connectivity index (χ4v) is 0.844. The number of aromatic hydroxyl groups is 1. The molecule has 0 aliphatic heterocycles. The van der Waals surface area contributed by atoms with Crippen molar-refractivity contribution in [2.24, 2.45) is 0 Å². The van der Waals surface area contributed by atoms with Gasteiger partial charge < -0.3 is 7.96 Å². The smallest absolute Gasteiger partial charge is 1.00 e. The van der Waals surface area contributed by atoms with Gasteiger partial charge in [-0.15, -0.1) is 17.0 Å². The molecule has 0 spiro atoms. The van der Waals surface area contributed by atoms with Gasteiger partial charge >= 0.3 is 37.7 Å². The maximum atomic E-state index is 10.3. The number of nitrogens with zero attached hydrogens (tertiary/aromatic N) is 1. The number of hydrogen-bond acceptors (Lipinski definition) is 3. The maximum absolute atomic E-state index is 10.3. The van der Waals surface area contributed by atoms with Crippen molar-refractivity contribution in [3.8, 4) is 5.75 Å². The van der Waals surface area contributed by atoms with Crippen molar-refractivity contribution in [3.63, 3.8) is 0 Å². The van der Waals surface area contributed by atoms with E-state index in [2.05, 4.69) is 0 Å². The van der Waals surface area contributed by atoms with E-state index >= 15 is 0 Å². The molecule has 1 aromatic rings. The number of hydrogen-bond donors (Lipinski definition) is 1. The van der Waals surface area contributed by atoms with Crippen LogP contribution in [0, 0.1) is 17.0 Å². The molecule has 4 nitrogen and oxygen atoms in total. The molecule has 0 unspecified atom stereocenters. The number of aryl methyl sites for hydroxylation is 1. The van der Waals surface area contributed by atoms with E-state index in [0.717, 1.165) is 0 Å². The summed E-state index contributed by atoms with van der Waals surface area (Å²) in [4.78, 5) is 9.78. The van der Waals surface area contributed by atoms with Gasteiger partial charge in [0.25, 0.3) is 5.69 Å². The molecule has 6 heteroatoms. The fourth-order valence-electron chi connectivity index (χ4n) is 0.844. The third-order valence-corrected chi connectivity index (χ3v) is 1.38. The molecule has 1 rings (SSSR count). The van der Waals surface area contributed by atoms with Gasteiger partial charge in [-0.25, -0.2) is 0 Å². The molecule has 0 radical (unpaired) electrons. The Bertz CT molecular complexity index is 314. The Hall–Kier alpha value is 0.160. The molecule has 0 bridgehead atoms. The second-order valence-corrected chi connectivity index (χ2v) is 2.23. The first-order valence-electron chi connectivity index (χ1n) is 3.05. The number of phenolic OH excluding ortho intramolecular Hbond substituents is 1. The zero-order valence-electron chi connectivity index (χ0n) is 9.06. The van der Waals surface area contributed by atoms with Crippen molar-refractivity contribution in [1.82, 2.24) is 0 Å². The summed E-state index contributed by atoms with van der Waals surface area (Å²) in [6, 6.07) is 3.94. The topological polar surface area (TPSA) is 63.4 Å². The molecule has 70 valence electrons. The minimum Gasteiger partial charge on any atom is -1.00 e. The number of rotatable bonds is 1. The summed E-state index contributed by atoms with van der Waals surface area (Å²) in [5, 5.41) is 19.2. The standard InChI is InChI=1S/C7H7NO3.BrH.Ca.2H/c1-5-4-6(9)2-3-7(5)8(10)11;;;;/h2-4,9H,1H3;1H;;;/q;;+2;2*-1. The Morgan fingerprint density at radius 1 is 1.54 bits per heavy atom. The summed E-state index contributed by atoms with van der Waals surface area (Å²) in [5.74, 6) is 0.0492. The van der Waals surface area contributed by atoms with Crippen LogP contribution in [0.3, 0.4) is 0 Å². The van der Waals surface area contributed by atoms with Crippen LogP contribution in [0.5, 0.6) is 5.75 Å². The zero-order chi connectivity index (χ0) is 8.43. The third-order valence-electron chi connectivity index (χ3n) is 1.38. The third kappa shape index (κ3) is 4.26. The van der Waals surface area contributed by atoms with E-state index in [1.807, 2.05) is 0 Å². The van der Waals surface area contributed by atoms with Crippen LogP contribution in [0.1, 0.15) is 8.42 Å². The van der Waals surface area contributed by atoms with Gasteiger partial charge in [-0.2, -0.15) is 0 Å². The van der Waals surface area contributed by atoms with Crippen LogP contribution in [0.2, 0.25) is 0 Å². The first-order chi connectivity index (χ1) is 5.11. The molecule has 0 fully saturated rings. The van der Waals surface area contributed by atoms with E-state index < -0.39 is 4.92 Å². The van der Waals surface area contributed by atoms with Crippen LogP contribution >= 0.6 is 17.0 Å². The molecule has 0 atom stereocenters. The molecule has 1 aromatic carbocycles. The zero-order valence-corrected chi connectivity index (χ0v) is 11.0. The largest absolute Gasteiger partial charge is 2.00 e. The van der Waals surface area contributed by atoms with Crippen LogP contribution in [0.15, 0.2) is 18.2 Å². The summed E-state index contributed by atoms with van der Waals surface area (Å²) >= 11 is 0. The van der Waals surface area contributed by atoms with E-state index in [4.69, 9.17) is 5.11 Å². The summed E-state index contributed by atoms with van der Waals surface area (Å²) in [6.45, 7) is 1.58. The van der Waals surface area contributed by atoms with Crippen molar-refractivity contribution in [3.05, 3.63) is 33.9 Å². The number of phenols is 1. The Labute approximate surface area is 119 Å². The summed E-state index contributed by atoms with van der Waals surface area (Å²) in [5.41, 5.74) is 0.498. The van der Waals surface area contributed by atoms with Crippen LogP contribution in [-0.2, 0) is 0 Å². The average molecular weight is 276 g/mol. The molecule has 0 aliphatic carbocycles. The Morgan fingerprint density at radius 3 is 2.46 bits per heavy atom. The average Bonchev–Trinajstić information content (AvgIpc) is 1.85. The Balaban J connectivity index is -0.000000151. The summed E-state index contributed by atoms with van der Waals surface area (Å²) in [7, 11) is 0. The van der Waals surface area contributed by atoms with Gasteiger partial charge in [0.2, 0.25) is 0 Å². The molecule has 0 amide bonds. The minimum atomic E-state index is -0.477. The second kappa shape index (κ2) is 6.59. The van der Waals surface area contributed by atoms with Gasteiger partial charge in [0.15, 0.2) is 0 Å². The Morgan fingerprint density at radius 2 is 2.08 bits per heavy atom. The number of nitro benzene ring substituents is 1. The minimum absolute atomic E-state index is 0. The van der Waals surface area contributed by atoms with Crippen molar-refractivity contribution < 1.29 is 12.9 Å². The van der Waals surface area contributed by atoms with Gasteiger partial charge in [-0.05, 0) is 19.1 Å². The van der Waals surface area contributed by atoms with E-state index in [9.17, 15) is 10.1 Å². The van der Waals surface area contributed by atoms with Gasteiger partial charge in [-0.1, -0.05) is 0 Å². The first-order valence-corrected chi connectivity index (χ1v) is 3.05. The molecular formula is C7H10BrCaNO3. The van der Waals surface area contributed by atoms with E-state index in [1.54, 1.807) is 6.92 Å². The molecule has 0 saturated heterocycles. The summed E-state index contributed by atoms with van der Waals surface area (Å²) < 4.78 is 0. The fraction of sp³-hybridized carbons (Fsp3) is 0.143. The van der Waals surface area contributed by atoms with Crippen LogP contribution in [-0.4, -0.2) is 47.8 Å². The first kappa shape index (κ1) is 15.6. The van der Waals surface area contributed by atoms with Gasteiger partial charge in [0.05, 0.1) is 4.92 Å². The second-order valence-electron chi connectivity index (χ2n) is 2.23. The van der Waals surface area contributed by atoms with E-state index in [-0.39, 0.29) is 69.0 Å². The molecule has 1 N–H and O–H groups in total. The molecule has 0 aromatic heterocycles. The maximum Gasteiger partial charge on any atom is 2.00 e. The normalized spacial score (nSPS) is 8.08. The van der Waals surface area contributed by atoms with Crippen LogP contribution in [0.4, 0.5) is 5.69 Å². The molecule has 0 aliphatic rings. The van der Waals surface area contributed by atoms with Crippen molar-refractivity contribution in [2.45, 2.75) is 6.92 Å². The van der Waals surface area contributed by atoms with Crippen LogP contribution < -0.4 is 0 Å². The van der Waals surface area contributed by atoms with Crippen molar-refractivity contribution in [2.75, 3.05) is 0 Å². The predicted octanol–water partition coefficient (Wildman–Crippen LogP) is 2.03. The SMILES string of the molecule is Br.Cc1cc(O)ccc1[N+](=O)[O-].[Ca+2].[H-].[H-]. The predicted molar refractivity (Wildman–Crippen MR) is 57.8 cm³/mol. The quantitative estimate of drug-likeness (QED) is 0.485. The van der Waals surface area contributed by atoms with Crippen molar-refractivity contribution >= 4 is 60.4 Å². The van der Waals surface area contributed by atoms with Gasteiger partial charge in [0, 0.05) is 11.6 Å². The van der Waals surface area contributed by atoms with Gasteiger partial charge in [-0.3, -0.25) is 10.1 Å². The van der Waals surface area contributed by atoms with E-state index in [1.165, 1.54) is 18.2 Å². The molecule has 0 saturated carbocycles. The number of halogens is 1. The number of benzene rings is 1. The van der Waals surface area contributed by atoms with Crippen LogP contribution in [0.25, 0.3) is 0 Å². The molecular weight excluding hydrogens is 266 g/mol. The number of nitro groups is 1. The Kier molecular flexibility index (Phi) is 7.92. The van der Waals surface area contributed by atoms with Gasteiger partial charge in [0.1, 0.15) is 5.75 Å². The molecule has 13 heavy (non-hydrogen) atoms. The molecule has 0 heterocycles. The monoisotopic (exact) mass is 275 g/mol.